The van der Waals surface area contributed by atoms with Crippen molar-refractivity contribution in [2.75, 3.05) is 26.3 Å². The molecule has 2 heterocycles. The minimum Gasteiger partial charge on any atom is -0.378 e. The maximum absolute atomic E-state index is 6.00. The van der Waals surface area contributed by atoms with Gasteiger partial charge in [0.05, 0.1) is 25.4 Å². The molecule has 0 aromatic heterocycles. The third kappa shape index (κ3) is 2.99. The predicted molar refractivity (Wildman–Crippen MR) is 68.0 cm³/mol. The number of ether oxygens (including phenoxy) is 2. The van der Waals surface area contributed by atoms with Crippen LogP contribution in [0.4, 0.5) is 0 Å². The van der Waals surface area contributed by atoms with Gasteiger partial charge in [0, 0.05) is 25.2 Å². The molecule has 4 nitrogen and oxygen atoms in total. The molecular formula is C13H26N2O2. The lowest BCUT2D eigenvalue weighted by molar-refractivity contribution is -0.0709. The highest BCUT2D eigenvalue weighted by atomic mass is 16.5. The minimum atomic E-state index is 0.321. The standard InChI is InChI=1S/C13H26N2O2/c1-3-11-9-16-7-6-15(11)12(8-14)13-5-4-10(2)17-13/h10-13H,3-9,14H2,1-2H3. The molecule has 2 aliphatic heterocycles. The average Bonchev–Trinajstić information content (AvgIpc) is 2.77. The molecule has 17 heavy (non-hydrogen) atoms. The Morgan fingerprint density at radius 1 is 1.41 bits per heavy atom. The van der Waals surface area contributed by atoms with Gasteiger partial charge in [-0.3, -0.25) is 4.90 Å². The van der Waals surface area contributed by atoms with Gasteiger partial charge in [-0.25, -0.2) is 0 Å². The molecule has 2 saturated heterocycles. The number of hydrogen-bond donors (Lipinski definition) is 1. The number of morpholine rings is 1. The van der Waals surface area contributed by atoms with Gasteiger partial charge in [-0.2, -0.15) is 0 Å². The lowest BCUT2D eigenvalue weighted by Gasteiger charge is -2.42. The molecule has 0 saturated carbocycles. The van der Waals surface area contributed by atoms with Gasteiger partial charge < -0.3 is 15.2 Å². The zero-order valence-corrected chi connectivity index (χ0v) is 11.1. The maximum atomic E-state index is 6.00. The van der Waals surface area contributed by atoms with Crippen molar-refractivity contribution in [1.82, 2.24) is 4.90 Å². The molecule has 2 rings (SSSR count). The molecule has 2 fully saturated rings. The van der Waals surface area contributed by atoms with E-state index in [2.05, 4.69) is 18.7 Å². The summed E-state index contributed by atoms with van der Waals surface area (Å²) < 4.78 is 11.6. The van der Waals surface area contributed by atoms with Crippen molar-refractivity contribution in [2.45, 2.75) is 57.4 Å². The van der Waals surface area contributed by atoms with Crippen LogP contribution in [0.15, 0.2) is 0 Å². The number of rotatable bonds is 4. The Morgan fingerprint density at radius 3 is 2.82 bits per heavy atom. The van der Waals surface area contributed by atoms with Crippen LogP contribution in [0.5, 0.6) is 0 Å². The van der Waals surface area contributed by atoms with Crippen molar-refractivity contribution in [3.05, 3.63) is 0 Å². The Morgan fingerprint density at radius 2 is 2.24 bits per heavy atom. The number of nitrogens with zero attached hydrogens (tertiary/aromatic N) is 1. The summed E-state index contributed by atoms with van der Waals surface area (Å²) in [6.07, 6.45) is 4.16. The molecule has 4 atom stereocenters. The highest BCUT2D eigenvalue weighted by Crippen LogP contribution is 2.26. The summed E-state index contributed by atoms with van der Waals surface area (Å²) in [5, 5.41) is 0. The smallest absolute Gasteiger partial charge is 0.0747 e. The van der Waals surface area contributed by atoms with Crippen LogP contribution in [-0.2, 0) is 9.47 Å². The van der Waals surface area contributed by atoms with Crippen LogP contribution in [0, 0.1) is 0 Å². The third-order valence-electron chi connectivity index (χ3n) is 4.11. The van der Waals surface area contributed by atoms with E-state index in [0.29, 0.717) is 30.8 Å². The quantitative estimate of drug-likeness (QED) is 0.799. The van der Waals surface area contributed by atoms with Crippen molar-refractivity contribution in [3.63, 3.8) is 0 Å². The minimum absolute atomic E-state index is 0.321. The van der Waals surface area contributed by atoms with Crippen molar-refractivity contribution >= 4 is 0 Å². The molecule has 0 spiro atoms. The number of nitrogens with two attached hydrogens (primary N) is 1. The average molecular weight is 242 g/mol. The van der Waals surface area contributed by atoms with Crippen molar-refractivity contribution in [3.8, 4) is 0 Å². The molecular weight excluding hydrogens is 216 g/mol. The summed E-state index contributed by atoms with van der Waals surface area (Å²) >= 11 is 0. The molecule has 0 bridgehead atoms. The molecule has 4 heteroatoms. The molecule has 0 amide bonds. The molecule has 0 aromatic carbocycles. The first-order valence-corrected chi connectivity index (χ1v) is 6.95. The lowest BCUT2D eigenvalue weighted by atomic mass is 10.0. The molecule has 100 valence electrons. The fraction of sp³-hybridized carbons (Fsp3) is 1.00. The second kappa shape index (κ2) is 6.14. The van der Waals surface area contributed by atoms with Crippen LogP contribution < -0.4 is 5.73 Å². The van der Waals surface area contributed by atoms with E-state index in [1.54, 1.807) is 0 Å². The fourth-order valence-electron chi connectivity index (χ4n) is 3.07. The van der Waals surface area contributed by atoms with Crippen LogP contribution >= 0.6 is 0 Å². The highest BCUT2D eigenvalue weighted by molar-refractivity contribution is 4.90. The van der Waals surface area contributed by atoms with Gasteiger partial charge in [-0.05, 0) is 26.2 Å². The predicted octanol–water partition coefficient (Wildman–Crippen LogP) is 0.992. The normalized spacial score (nSPS) is 37.2. The van der Waals surface area contributed by atoms with E-state index in [0.717, 1.165) is 32.6 Å². The van der Waals surface area contributed by atoms with Gasteiger partial charge in [0.1, 0.15) is 0 Å². The highest BCUT2D eigenvalue weighted by Gasteiger charge is 2.36. The summed E-state index contributed by atoms with van der Waals surface area (Å²) in [5.74, 6) is 0. The lowest BCUT2D eigenvalue weighted by Crippen LogP contribution is -2.57. The van der Waals surface area contributed by atoms with Crippen molar-refractivity contribution in [1.29, 1.82) is 0 Å². The van der Waals surface area contributed by atoms with E-state index in [1.807, 2.05) is 0 Å². The Hall–Kier alpha value is -0.160. The van der Waals surface area contributed by atoms with Gasteiger partial charge in [-0.15, -0.1) is 0 Å². The monoisotopic (exact) mass is 242 g/mol. The van der Waals surface area contributed by atoms with Crippen LogP contribution in [0.2, 0.25) is 0 Å². The molecule has 0 radical (unpaired) electrons. The van der Waals surface area contributed by atoms with E-state index in [4.69, 9.17) is 15.2 Å². The van der Waals surface area contributed by atoms with Crippen LogP contribution in [0.3, 0.4) is 0 Å². The third-order valence-corrected chi connectivity index (χ3v) is 4.11. The molecule has 4 unspecified atom stereocenters. The van der Waals surface area contributed by atoms with E-state index in [1.165, 1.54) is 6.42 Å². The zero-order chi connectivity index (χ0) is 12.3. The molecule has 0 aliphatic carbocycles. The van der Waals surface area contributed by atoms with Gasteiger partial charge in [0.2, 0.25) is 0 Å². The summed E-state index contributed by atoms with van der Waals surface area (Å²) in [7, 11) is 0. The van der Waals surface area contributed by atoms with E-state index < -0.39 is 0 Å². The van der Waals surface area contributed by atoms with E-state index in [9.17, 15) is 0 Å². The summed E-state index contributed by atoms with van der Waals surface area (Å²) in [6.45, 7) is 7.73. The Kier molecular flexibility index (Phi) is 4.79. The Bertz CT molecular complexity index is 237. The van der Waals surface area contributed by atoms with Gasteiger partial charge in [0.15, 0.2) is 0 Å². The van der Waals surface area contributed by atoms with E-state index >= 15 is 0 Å². The van der Waals surface area contributed by atoms with Gasteiger partial charge in [-0.1, -0.05) is 6.92 Å². The SMILES string of the molecule is CCC1COCCN1C(CN)C1CCC(C)O1. The second-order valence-corrected chi connectivity index (χ2v) is 5.24. The van der Waals surface area contributed by atoms with E-state index in [-0.39, 0.29) is 0 Å². The number of hydrogen-bond acceptors (Lipinski definition) is 4. The maximum Gasteiger partial charge on any atom is 0.0747 e. The summed E-state index contributed by atoms with van der Waals surface area (Å²) in [5.41, 5.74) is 5.98. The van der Waals surface area contributed by atoms with Crippen LogP contribution in [0.1, 0.15) is 33.1 Å². The Balaban J connectivity index is 2.00. The van der Waals surface area contributed by atoms with Gasteiger partial charge >= 0.3 is 0 Å². The topological polar surface area (TPSA) is 47.7 Å². The second-order valence-electron chi connectivity index (χ2n) is 5.24. The first-order valence-electron chi connectivity index (χ1n) is 6.95. The molecule has 0 aromatic rings. The van der Waals surface area contributed by atoms with Crippen molar-refractivity contribution in [2.24, 2.45) is 5.73 Å². The molecule has 2 N–H and O–H groups in total. The zero-order valence-electron chi connectivity index (χ0n) is 11.1. The van der Waals surface area contributed by atoms with Gasteiger partial charge in [0.25, 0.3) is 0 Å². The van der Waals surface area contributed by atoms with Crippen LogP contribution in [-0.4, -0.2) is 55.5 Å². The Labute approximate surface area is 104 Å². The van der Waals surface area contributed by atoms with Crippen LogP contribution in [0.25, 0.3) is 0 Å². The largest absolute Gasteiger partial charge is 0.378 e. The first kappa shape index (κ1) is 13.3. The van der Waals surface area contributed by atoms with Crippen molar-refractivity contribution < 1.29 is 9.47 Å². The fourth-order valence-corrected chi connectivity index (χ4v) is 3.07. The summed E-state index contributed by atoms with van der Waals surface area (Å²) in [6, 6.07) is 0.880. The molecule has 2 aliphatic rings. The summed E-state index contributed by atoms with van der Waals surface area (Å²) in [4.78, 5) is 2.52. The first-order chi connectivity index (χ1) is 8.26.